The Morgan fingerprint density at radius 1 is 1.12 bits per heavy atom. The van der Waals surface area contributed by atoms with E-state index in [1.807, 2.05) is 48.5 Å². The molecule has 3 aromatic rings. The van der Waals surface area contributed by atoms with Gasteiger partial charge in [-0.25, -0.2) is 4.79 Å². The van der Waals surface area contributed by atoms with Crippen LogP contribution in [0.15, 0.2) is 60.7 Å². The minimum absolute atomic E-state index is 0.0265. The van der Waals surface area contributed by atoms with Crippen molar-refractivity contribution >= 4 is 22.3 Å². The van der Waals surface area contributed by atoms with Crippen molar-refractivity contribution in [1.82, 2.24) is 0 Å². The summed E-state index contributed by atoms with van der Waals surface area (Å²) < 4.78 is 5.30. The molecule has 0 spiro atoms. The zero-order valence-electron chi connectivity index (χ0n) is 14.7. The van der Waals surface area contributed by atoms with Gasteiger partial charge in [-0.2, -0.15) is 0 Å². The van der Waals surface area contributed by atoms with Gasteiger partial charge in [0.2, 0.25) is 0 Å². The van der Waals surface area contributed by atoms with E-state index in [9.17, 15) is 15.0 Å². The maximum atomic E-state index is 11.7. The summed E-state index contributed by atoms with van der Waals surface area (Å²) in [6, 6.07) is 17.1. The average molecular weight is 348 g/mol. The van der Waals surface area contributed by atoms with Gasteiger partial charge in [0, 0.05) is 10.9 Å². The molecule has 0 heterocycles. The van der Waals surface area contributed by atoms with E-state index in [-0.39, 0.29) is 17.1 Å². The van der Waals surface area contributed by atoms with Gasteiger partial charge in [0.1, 0.15) is 0 Å². The highest BCUT2D eigenvalue weighted by atomic mass is 16.5. The Morgan fingerprint density at radius 3 is 2.46 bits per heavy atom. The maximum absolute atomic E-state index is 11.7. The van der Waals surface area contributed by atoms with Crippen molar-refractivity contribution < 1.29 is 19.7 Å². The lowest BCUT2D eigenvalue weighted by molar-refractivity contribution is -0.130. The minimum Gasteiger partial charge on any atom is -0.504 e. The fraction of sp³-hybridized carbons (Fsp3) is 0.136. The second-order valence-corrected chi connectivity index (χ2v) is 5.98. The van der Waals surface area contributed by atoms with E-state index >= 15 is 0 Å². The van der Waals surface area contributed by atoms with Crippen LogP contribution in [-0.4, -0.2) is 23.3 Å². The van der Waals surface area contributed by atoms with Crippen molar-refractivity contribution in [2.75, 3.05) is 7.11 Å². The highest BCUT2D eigenvalue weighted by Crippen LogP contribution is 2.41. The molecule has 0 amide bonds. The lowest BCUT2D eigenvalue weighted by Crippen LogP contribution is -2.02. The van der Waals surface area contributed by atoms with Gasteiger partial charge in [-0.05, 0) is 35.9 Å². The van der Waals surface area contributed by atoms with Crippen LogP contribution in [0.5, 0.6) is 11.5 Å². The number of rotatable bonds is 5. The monoisotopic (exact) mass is 348 g/mol. The predicted molar refractivity (Wildman–Crippen MR) is 103 cm³/mol. The molecule has 132 valence electrons. The van der Waals surface area contributed by atoms with E-state index in [0.29, 0.717) is 22.8 Å². The first-order chi connectivity index (χ1) is 12.6. The summed E-state index contributed by atoms with van der Waals surface area (Å²) in [6.45, 7) is 1.68. The fourth-order valence-corrected chi connectivity index (χ4v) is 3.24. The summed E-state index contributed by atoms with van der Waals surface area (Å²) in [6.07, 6.45) is 2.17. The molecule has 0 saturated carbocycles. The maximum Gasteiger partial charge on any atom is 0.335 e. The van der Waals surface area contributed by atoms with E-state index in [2.05, 4.69) is 0 Å². The Kier molecular flexibility index (Phi) is 4.94. The predicted octanol–water partition coefficient (Wildman–Crippen LogP) is 4.63. The molecule has 0 bridgehead atoms. The Hall–Kier alpha value is -3.27. The third-order valence-electron chi connectivity index (χ3n) is 4.45. The lowest BCUT2D eigenvalue weighted by Gasteiger charge is -2.16. The first-order valence-corrected chi connectivity index (χ1v) is 8.32. The average Bonchev–Trinajstić information content (AvgIpc) is 2.64. The molecule has 3 aromatic carbocycles. The van der Waals surface area contributed by atoms with E-state index in [1.165, 1.54) is 7.11 Å². The Bertz CT molecular complexity index is 988. The van der Waals surface area contributed by atoms with Crippen molar-refractivity contribution in [1.29, 1.82) is 0 Å². The number of benzene rings is 3. The normalized spacial score (nSPS) is 11.5. The molecular weight excluding hydrogens is 328 g/mol. The largest absolute Gasteiger partial charge is 0.504 e. The number of aliphatic carboxylic acids is 1. The van der Waals surface area contributed by atoms with Crippen LogP contribution in [0.2, 0.25) is 0 Å². The highest BCUT2D eigenvalue weighted by Gasteiger charge is 2.20. The van der Waals surface area contributed by atoms with Crippen LogP contribution < -0.4 is 4.74 Å². The lowest BCUT2D eigenvalue weighted by atomic mass is 9.92. The number of methoxy groups -OCH3 is 1. The molecule has 4 heteroatoms. The molecule has 3 rings (SSSR count). The van der Waals surface area contributed by atoms with Crippen LogP contribution in [0.25, 0.3) is 16.3 Å². The second-order valence-electron chi connectivity index (χ2n) is 5.98. The molecule has 0 atom stereocenters. The third-order valence-corrected chi connectivity index (χ3v) is 4.45. The van der Waals surface area contributed by atoms with E-state index in [1.54, 1.807) is 19.1 Å². The number of allylic oxidation sites excluding steroid dienone is 1. The molecule has 0 radical (unpaired) electrons. The first kappa shape index (κ1) is 17.5. The van der Waals surface area contributed by atoms with Crippen LogP contribution in [0, 0.1) is 0 Å². The molecule has 0 saturated heterocycles. The van der Waals surface area contributed by atoms with Gasteiger partial charge >= 0.3 is 5.97 Å². The number of fused-ring (bicyclic) bond motifs is 1. The second kappa shape index (κ2) is 7.31. The Morgan fingerprint density at radius 2 is 1.85 bits per heavy atom. The molecule has 0 aliphatic heterocycles. The molecule has 26 heavy (non-hydrogen) atoms. The first-order valence-electron chi connectivity index (χ1n) is 8.32. The standard InChI is InChI=1S/C22H20O4/c1-3-16(22(24)25)18-13-19(26-2)21(23)20-15(10-7-11-17(18)20)12-14-8-5-4-6-9-14/h3-11,13,23H,12H2,1-2H3,(H,24,25)/b16-3+. The van der Waals surface area contributed by atoms with Gasteiger partial charge < -0.3 is 14.9 Å². The summed E-state index contributed by atoms with van der Waals surface area (Å²) in [5.74, 6) is -0.734. The van der Waals surface area contributed by atoms with Crippen molar-refractivity contribution in [3.05, 3.63) is 77.4 Å². The number of aromatic hydroxyl groups is 1. The zero-order chi connectivity index (χ0) is 18.7. The quantitative estimate of drug-likeness (QED) is 0.660. The van der Waals surface area contributed by atoms with Crippen molar-refractivity contribution in [3.8, 4) is 11.5 Å². The highest BCUT2D eigenvalue weighted by molar-refractivity contribution is 6.20. The summed E-state index contributed by atoms with van der Waals surface area (Å²) in [7, 11) is 1.46. The van der Waals surface area contributed by atoms with E-state index in [4.69, 9.17) is 4.74 Å². The zero-order valence-corrected chi connectivity index (χ0v) is 14.7. The van der Waals surface area contributed by atoms with Crippen LogP contribution in [0.3, 0.4) is 0 Å². The number of phenols is 1. The van der Waals surface area contributed by atoms with Crippen molar-refractivity contribution in [3.63, 3.8) is 0 Å². The summed E-state index contributed by atoms with van der Waals surface area (Å²) in [4.78, 5) is 11.7. The van der Waals surface area contributed by atoms with Gasteiger partial charge in [0.25, 0.3) is 0 Å². The van der Waals surface area contributed by atoms with Crippen molar-refractivity contribution in [2.45, 2.75) is 13.3 Å². The number of hydrogen-bond acceptors (Lipinski definition) is 3. The van der Waals surface area contributed by atoms with Gasteiger partial charge in [-0.3, -0.25) is 0 Å². The molecule has 0 unspecified atom stereocenters. The molecular formula is C22H20O4. The number of phenolic OH excluding ortho intramolecular Hbond substituents is 1. The van der Waals surface area contributed by atoms with Crippen LogP contribution in [0.4, 0.5) is 0 Å². The van der Waals surface area contributed by atoms with Gasteiger partial charge in [0.05, 0.1) is 12.7 Å². The molecule has 0 aliphatic carbocycles. The third kappa shape index (κ3) is 3.14. The molecule has 0 aliphatic rings. The number of carboxylic acids is 1. The van der Waals surface area contributed by atoms with E-state index in [0.717, 1.165) is 11.1 Å². The minimum atomic E-state index is -1.02. The fourth-order valence-electron chi connectivity index (χ4n) is 3.24. The summed E-state index contributed by atoms with van der Waals surface area (Å²) >= 11 is 0. The molecule has 2 N–H and O–H groups in total. The SMILES string of the molecule is C/C=C(/C(=O)O)c1cc(OC)c(O)c2c(Cc3ccccc3)cccc12. The van der Waals surface area contributed by atoms with Crippen LogP contribution in [0.1, 0.15) is 23.6 Å². The smallest absolute Gasteiger partial charge is 0.335 e. The van der Waals surface area contributed by atoms with Gasteiger partial charge in [-0.1, -0.05) is 54.6 Å². The Balaban J connectivity index is 2.30. The molecule has 0 fully saturated rings. The van der Waals surface area contributed by atoms with Crippen molar-refractivity contribution in [2.24, 2.45) is 0 Å². The topological polar surface area (TPSA) is 66.8 Å². The summed E-state index contributed by atoms with van der Waals surface area (Å²) in [5.41, 5.74) is 2.71. The number of ether oxygens (including phenoxy) is 1. The Labute approximate surface area is 152 Å². The van der Waals surface area contributed by atoms with Gasteiger partial charge in [-0.15, -0.1) is 0 Å². The number of carboxylic acid groups (broad SMARTS) is 1. The summed E-state index contributed by atoms with van der Waals surface area (Å²) in [5, 5.41) is 21.6. The van der Waals surface area contributed by atoms with Crippen LogP contribution >= 0.6 is 0 Å². The molecule has 0 aromatic heterocycles. The number of hydrogen-bond donors (Lipinski definition) is 2. The van der Waals surface area contributed by atoms with Crippen LogP contribution in [-0.2, 0) is 11.2 Å². The van der Waals surface area contributed by atoms with Gasteiger partial charge in [0.15, 0.2) is 11.5 Å². The van der Waals surface area contributed by atoms with E-state index < -0.39 is 5.97 Å². The molecule has 4 nitrogen and oxygen atoms in total. The number of carbonyl (C=O) groups is 1.